The van der Waals surface area contributed by atoms with Crippen LogP contribution in [0.15, 0.2) is 18.2 Å². The van der Waals surface area contributed by atoms with Gasteiger partial charge < -0.3 is 19.7 Å². The summed E-state index contributed by atoms with van der Waals surface area (Å²) in [6.07, 6.45) is 4.31. The van der Waals surface area contributed by atoms with Gasteiger partial charge in [0.05, 0.1) is 25.4 Å². The van der Waals surface area contributed by atoms with Crippen LogP contribution in [0, 0.1) is 0 Å². The molecule has 0 bridgehead atoms. The van der Waals surface area contributed by atoms with Gasteiger partial charge >= 0.3 is 0 Å². The van der Waals surface area contributed by atoms with Crippen LogP contribution < -0.4 is 9.47 Å². The van der Waals surface area contributed by atoms with Crippen LogP contribution >= 0.6 is 0 Å². The molecular formula is C16H24O4. The van der Waals surface area contributed by atoms with Gasteiger partial charge in [0, 0.05) is 0 Å². The van der Waals surface area contributed by atoms with Gasteiger partial charge in [-0.15, -0.1) is 0 Å². The van der Waals surface area contributed by atoms with Crippen LogP contribution in [-0.2, 0) is 0 Å². The molecule has 4 heteroatoms. The summed E-state index contributed by atoms with van der Waals surface area (Å²) in [5, 5.41) is 21.6. The first-order valence-electron chi connectivity index (χ1n) is 7.24. The summed E-state index contributed by atoms with van der Waals surface area (Å²) >= 11 is 0. The zero-order chi connectivity index (χ0) is 14.6. The first kappa shape index (κ1) is 15.1. The normalized spacial score (nSPS) is 20.0. The van der Waals surface area contributed by atoms with Gasteiger partial charge in [0.25, 0.3) is 0 Å². The molecule has 1 aliphatic carbocycles. The van der Waals surface area contributed by atoms with Crippen LogP contribution in [0.25, 0.3) is 0 Å². The van der Waals surface area contributed by atoms with Crippen molar-refractivity contribution in [1.29, 1.82) is 0 Å². The van der Waals surface area contributed by atoms with Crippen molar-refractivity contribution in [2.45, 2.75) is 50.2 Å². The predicted molar refractivity (Wildman–Crippen MR) is 77.2 cm³/mol. The van der Waals surface area contributed by atoms with Gasteiger partial charge in [-0.3, -0.25) is 0 Å². The van der Waals surface area contributed by atoms with Gasteiger partial charge in [0.15, 0.2) is 0 Å². The van der Waals surface area contributed by atoms with E-state index in [1.165, 1.54) is 0 Å². The van der Waals surface area contributed by atoms with Crippen LogP contribution in [0.4, 0.5) is 0 Å². The van der Waals surface area contributed by atoms with E-state index in [1.54, 1.807) is 26.4 Å². The predicted octanol–water partition coefficient (Wildman–Crippen LogP) is 2.82. The molecule has 4 nitrogen and oxygen atoms in total. The molecular weight excluding hydrogens is 256 g/mol. The summed E-state index contributed by atoms with van der Waals surface area (Å²) in [5.74, 6) is 1.10. The summed E-state index contributed by atoms with van der Waals surface area (Å²) < 4.78 is 10.6. The Kier molecular flexibility index (Phi) is 4.89. The lowest BCUT2D eigenvalue weighted by atomic mass is 9.84. The van der Waals surface area contributed by atoms with Gasteiger partial charge in [0.2, 0.25) is 0 Å². The summed E-state index contributed by atoms with van der Waals surface area (Å²) in [5.41, 5.74) is -0.555. The number of aliphatic hydroxyl groups excluding tert-OH is 1. The lowest BCUT2D eigenvalue weighted by Crippen LogP contribution is -2.36. The standard InChI is InChI=1S/C16H24O4/c1-19-12-8-7-9-13(20-2)14(12)15(17)16(18)10-5-3-4-6-11-16/h7-9,15,17-18H,3-6,10-11H2,1-2H3. The number of methoxy groups -OCH3 is 2. The average molecular weight is 280 g/mol. The maximum atomic E-state index is 10.9. The molecule has 0 saturated heterocycles. The van der Waals surface area contributed by atoms with E-state index in [2.05, 4.69) is 0 Å². The summed E-state index contributed by atoms with van der Waals surface area (Å²) in [6, 6.07) is 5.37. The minimum atomic E-state index is -1.10. The number of ether oxygens (including phenoxy) is 2. The minimum Gasteiger partial charge on any atom is -0.496 e. The second-order valence-electron chi connectivity index (χ2n) is 5.50. The van der Waals surface area contributed by atoms with Crippen LogP contribution in [0.1, 0.15) is 50.2 Å². The first-order valence-corrected chi connectivity index (χ1v) is 7.24. The molecule has 1 aromatic carbocycles. The van der Waals surface area contributed by atoms with E-state index in [1.807, 2.05) is 6.07 Å². The summed E-state index contributed by atoms with van der Waals surface area (Å²) in [6.45, 7) is 0. The quantitative estimate of drug-likeness (QED) is 0.833. The SMILES string of the molecule is COc1cccc(OC)c1C(O)C1(O)CCCCCC1. The third-order valence-corrected chi connectivity index (χ3v) is 4.22. The van der Waals surface area contributed by atoms with Crippen molar-refractivity contribution in [3.63, 3.8) is 0 Å². The van der Waals surface area contributed by atoms with E-state index in [-0.39, 0.29) is 0 Å². The minimum absolute atomic E-state index is 0.543. The molecule has 1 aliphatic rings. The number of aliphatic hydroxyl groups is 2. The van der Waals surface area contributed by atoms with Gasteiger partial charge in [-0.1, -0.05) is 31.7 Å². The van der Waals surface area contributed by atoms with E-state index >= 15 is 0 Å². The van der Waals surface area contributed by atoms with E-state index in [0.717, 1.165) is 25.7 Å². The van der Waals surface area contributed by atoms with Gasteiger partial charge in [-0.25, -0.2) is 0 Å². The van der Waals surface area contributed by atoms with E-state index in [4.69, 9.17) is 9.47 Å². The first-order chi connectivity index (χ1) is 9.62. The van der Waals surface area contributed by atoms with Gasteiger partial charge in [-0.05, 0) is 25.0 Å². The highest BCUT2D eigenvalue weighted by molar-refractivity contribution is 5.47. The highest BCUT2D eigenvalue weighted by Gasteiger charge is 2.39. The highest BCUT2D eigenvalue weighted by Crippen LogP contribution is 2.44. The molecule has 1 atom stereocenters. The fourth-order valence-corrected chi connectivity index (χ4v) is 3.03. The largest absolute Gasteiger partial charge is 0.496 e. The second kappa shape index (κ2) is 6.46. The van der Waals surface area contributed by atoms with Crippen LogP contribution in [-0.4, -0.2) is 30.0 Å². The molecule has 1 aromatic rings. The topological polar surface area (TPSA) is 58.9 Å². The lowest BCUT2D eigenvalue weighted by molar-refractivity contribution is -0.0881. The Hall–Kier alpha value is -1.26. The average Bonchev–Trinajstić information content (AvgIpc) is 2.71. The fourth-order valence-electron chi connectivity index (χ4n) is 3.03. The Bertz CT molecular complexity index is 414. The maximum absolute atomic E-state index is 10.9. The smallest absolute Gasteiger partial charge is 0.128 e. The van der Waals surface area contributed by atoms with E-state index in [9.17, 15) is 10.2 Å². The molecule has 20 heavy (non-hydrogen) atoms. The molecule has 2 N–H and O–H groups in total. The van der Waals surface area contributed by atoms with Crippen molar-refractivity contribution in [2.75, 3.05) is 14.2 Å². The van der Waals surface area contributed by atoms with Crippen molar-refractivity contribution in [1.82, 2.24) is 0 Å². The van der Waals surface area contributed by atoms with Crippen molar-refractivity contribution in [3.05, 3.63) is 23.8 Å². The molecule has 0 aliphatic heterocycles. The Morgan fingerprint density at radius 3 is 1.95 bits per heavy atom. The Labute approximate surface area is 120 Å². The van der Waals surface area contributed by atoms with Crippen LogP contribution in [0.5, 0.6) is 11.5 Å². The third kappa shape index (κ3) is 2.91. The van der Waals surface area contributed by atoms with E-state index < -0.39 is 11.7 Å². The Balaban J connectivity index is 2.38. The lowest BCUT2D eigenvalue weighted by Gasteiger charge is -2.33. The zero-order valence-electron chi connectivity index (χ0n) is 12.3. The molecule has 0 aromatic heterocycles. The fraction of sp³-hybridized carbons (Fsp3) is 0.625. The van der Waals surface area contributed by atoms with Crippen LogP contribution in [0.3, 0.4) is 0 Å². The molecule has 1 fully saturated rings. The molecule has 0 radical (unpaired) electrons. The zero-order valence-corrected chi connectivity index (χ0v) is 12.3. The molecule has 1 saturated carbocycles. The number of rotatable bonds is 4. The summed E-state index contributed by atoms with van der Waals surface area (Å²) in [4.78, 5) is 0. The van der Waals surface area contributed by atoms with Gasteiger partial charge in [0.1, 0.15) is 17.6 Å². The molecule has 1 unspecified atom stereocenters. The number of hydrogen-bond donors (Lipinski definition) is 2. The maximum Gasteiger partial charge on any atom is 0.128 e. The Morgan fingerprint density at radius 2 is 1.50 bits per heavy atom. The van der Waals surface area contributed by atoms with Crippen molar-refractivity contribution >= 4 is 0 Å². The molecule has 2 rings (SSSR count). The molecule has 0 amide bonds. The molecule has 0 spiro atoms. The van der Waals surface area contributed by atoms with Crippen molar-refractivity contribution in [2.24, 2.45) is 0 Å². The molecule has 112 valence electrons. The van der Waals surface area contributed by atoms with Crippen molar-refractivity contribution < 1.29 is 19.7 Å². The van der Waals surface area contributed by atoms with Crippen LogP contribution in [0.2, 0.25) is 0 Å². The number of hydrogen-bond acceptors (Lipinski definition) is 4. The highest BCUT2D eigenvalue weighted by atomic mass is 16.5. The molecule has 0 heterocycles. The monoisotopic (exact) mass is 280 g/mol. The van der Waals surface area contributed by atoms with E-state index in [0.29, 0.717) is 29.9 Å². The summed E-state index contributed by atoms with van der Waals surface area (Å²) in [7, 11) is 3.12. The Morgan fingerprint density at radius 1 is 1.00 bits per heavy atom. The second-order valence-corrected chi connectivity index (χ2v) is 5.50. The van der Waals surface area contributed by atoms with Gasteiger partial charge in [-0.2, -0.15) is 0 Å². The van der Waals surface area contributed by atoms with Crippen molar-refractivity contribution in [3.8, 4) is 11.5 Å². The number of benzene rings is 1. The third-order valence-electron chi connectivity index (χ3n) is 4.22.